The third-order valence-electron chi connectivity index (χ3n) is 3.67. The monoisotopic (exact) mass is 360 g/mol. The third kappa shape index (κ3) is 3.74. The average molecular weight is 360 g/mol. The molecule has 1 aromatic carbocycles. The molecule has 0 saturated heterocycles. The molecule has 1 unspecified atom stereocenters. The number of furan rings is 1. The van der Waals surface area contributed by atoms with Crippen LogP contribution in [0.2, 0.25) is 0 Å². The number of hydrogen-bond acceptors (Lipinski definition) is 5. The maximum Gasteiger partial charge on any atom is 0.237 e. The van der Waals surface area contributed by atoms with Gasteiger partial charge in [0.05, 0.1) is 11.5 Å². The fraction of sp³-hybridized carbons (Fsp3) is 0.235. The number of anilines is 1. The van der Waals surface area contributed by atoms with Gasteiger partial charge in [0, 0.05) is 12.7 Å². The number of aromatic nitrogens is 3. The molecule has 3 aromatic rings. The second-order valence-corrected chi connectivity index (χ2v) is 6.86. The predicted molar refractivity (Wildman–Crippen MR) is 93.8 cm³/mol. The molecule has 0 aliphatic carbocycles. The molecule has 0 bridgehead atoms. The number of thioether (sulfide) groups is 1. The summed E-state index contributed by atoms with van der Waals surface area (Å²) in [4.78, 5) is 12.3. The lowest BCUT2D eigenvalue weighted by Crippen LogP contribution is -2.23. The highest BCUT2D eigenvalue weighted by atomic mass is 32.2. The van der Waals surface area contributed by atoms with Crippen LogP contribution in [0, 0.1) is 12.7 Å². The van der Waals surface area contributed by atoms with Gasteiger partial charge in [-0.15, -0.1) is 10.2 Å². The van der Waals surface area contributed by atoms with E-state index in [1.54, 1.807) is 56.0 Å². The number of benzene rings is 1. The summed E-state index contributed by atoms with van der Waals surface area (Å²) in [5.74, 6) is 0.597. The van der Waals surface area contributed by atoms with Gasteiger partial charge < -0.3 is 14.3 Å². The molecular weight excluding hydrogens is 343 g/mol. The molecule has 1 atom stereocenters. The fourth-order valence-corrected chi connectivity index (χ4v) is 2.98. The van der Waals surface area contributed by atoms with Crippen molar-refractivity contribution in [2.24, 2.45) is 7.05 Å². The fourth-order valence-electron chi connectivity index (χ4n) is 2.16. The van der Waals surface area contributed by atoms with Crippen molar-refractivity contribution in [1.29, 1.82) is 0 Å². The van der Waals surface area contributed by atoms with E-state index in [1.807, 2.05) is 0 Å². The van der Waals surface area contributed by atoms with Crippen molar-refractivity contribution in [3.8, 4) is 11.6 Å². The summed E-state index contributed by atoms with van der Waals surface area (Å²) in [6, 6.07) is 8.17. The molecule has 25 heavy (non-hydrogen) atoms. The van der Waals surface area contributed by atoms with Gasteiger partial charge in [-0.05, 0) is 43.7 Å². The lowest BCUT2D eigenvalue weighted by molar-refractivity contribution is -0.115. The number of hydrogen-bond donors (Lipinski definition) is 1. The topological polar surface area (TPSA) is 73.0 Å². The molecule has 0 radical (unpaired) electrons. The van der Waals surface area contributed by atoms with Gasteiger partial charge in [-0.2, -0.15) is 0 Å². The lowest BCUT2D eigenvalue weighted by Gasteiger charge is -2.12. The minimum Gasteiger partial charge on any atom is -0.461 e. The van der Waals surface area contributed by atoms with Crippen LogP contribution in [0.3, 0.4) is 0 Å². The van der Waals surface area contributed by atoms with Crippen molar-refractivity contribution in [2.75, 3.05) is 5.32 Å². The average Bonchev–Trinajstić information content (AvgIpc) is 3.21. The molecule has 1 amide bonds. The van der Waals surface area contributed by atoms with Crippen LogP contribution in [0.1, 0.15) is 12.5 Å². The molecule has 0 fully saturated rings. The number of rotatable bonds is 5. The number of aryl methyl sites for hydroxylation is 1. The standard InChI is InChI=1S/C17H17FN4O2S/c1-10-6-7-12(9-13(10)18)19-16(23)11(2)25-17-21-20-15(22(17)3)14-5-4-8-24-14/h4-9,11H,1-3H3,(H,19,23). The normalized spacial score (nSPS) is 12.2. The van der Waals surface area contributed by atoms with Crippen molar-refractivity contribution < 1.29 is 13.6 Å². The first kappa shape index (κ1) is 17.2. The molecule has 0 spiro atoms. The van der Waals surface area contributed by atoms with Crippen LogP contribution < -0.4 is 5.32 Å². The van der Waals surface area contributed by atoms with E-state index in [4.69, 9.17) is 4.42 Å². The quantitative estimate of drug-likeness (QED) is 0.703. The van der Waals surface area contributed by atoms with Crippen LogP contribution in [-0.2, 0) is 11.8 Å². The Labute approximate surface area is 148 Å². The van der Waals surface area contributed by atoms with Gasteiger partial charge >= 0.3 is 0 Å². The number of carbonyl (C=O) groups excluding carboxylic acids is 1. The van der Waals surface area contributed by atoms with Crippen molar-refractivity contribution in [3.63, 3.8) is 0 Å². The van der Waals surface area contributed by atoms with E-state index in [1.165, 1.54) is 17.8 Å². The molecule has 0 aliphatic rings. The number of nitrogens with zero attached hydrogens (tertiary/aromatic N) is 3. The molecule has 2 aromatic heterocycles. The predicted octanol–water partition coefficient (Wildman–Crippen LogP) is 3.64. The van der Waals surface area contributed by atoms with Gasteiger partial charge in [0.15, 0.2) is 16.7 Å². The van der Waals surface area contributed by atoms with Crippen LogP contribution in [0.25, 0.3) is 11.6 Å². The molecule has 130 valence electrons. The SMILES string of the molecule is Cc1ccc(NC(=O)C(C)Sc2nnc(-c3ccco3)n2C)cc1F. The first-order valence-corrected chi connectivity index (χ1v) is 8.50. The van der Waals surface area contributed by atoms with Gasteiger partial charge in [0.25, 0.3) is 0 Å². The van der Waals surface area contributed by atoms with Crippen LogP contribution >= 0.6 is 11.8 Å². The molecule has 0 saturated carbocycles. The maximum absolute atomic E-state index is 13.6. The van der Waals surface area contributed by atoms with E-state index >= 15 is 0 Å². The van der Waals surface area contributed by atoms with E-state index in [0.29, 0.717) is 28.0 Å². The Morgan fingerprint density at radius 2 is 2.16 bits per heavy atom. The molecule has 0 aliphatic heterocycles. The highest BCUT2D eigenvalue weighted by molar-refractivity contribution is 8.00. The van der Waals surface area contributed by atoms with E-state index < -0.39 is 5.25 Å². The van der Waals surface area contributed by atoms with Crippen LogP contribution in [0.5, 0.6) is 0 Å². The second-order valence-electron chi connectivity index (χ2n) is 5.56. The number of nitrogens with one attached hydrogen (secondary N) is 1. The first-order chi connectivity index (χ1) is 12.0. The van der Waals surface area contributed by atoms with E-state index in [9.17, 15) is 9.18 Å². The lowest BCUT2D eigenvalue weighted by atomic mass is 10.2. The number of amides is 1. The Balaban J connectivity index is 1.68. The summed E-state index contributed by atoms with van der Waals surface area (Å²) >= 11 is 1.26. The van der Waals surface area contributed by atoms with E-state index in [0.717, 1.165) is 0 Å². The van der Waals surface area contributed by atoms with Crippen molar-refractivity contribution in [3.05, 3.63) is 48.0 Å². The van der Waals surface area contributed by atoms with Crippen molar-refractivity contribution in [2.45, 2.75) is 24.3 Å². The molecule has 3 rings (SSSR count). The highest BCUT2D eigenvalue weighted by Gasteiger charge is 2.20. The summed E-state index contributed by atoms with van der Waals surface area (Å²) in [5, 5.41) is 11.1. The molecule has 1 N–H and O–H groups in total. The summed E-state index contributed by atoms with van der Waals surface area (Å²) < 4.78 is 20.7. The van der Waals surface area contributed by atoms with E-state index in [-0.39, 0.29) is 11.7 Å². The molecule has 6 nitrogen and oxygen atoms in total. The van der Waals surface area contributed by atoms with Gasteiger partial charge in [-0.3, -0.25) is 4.79 Å². The highest BCUT2D eigenvalue weighted by Crippen LogP contribution is 2.26. The Morgan fingerprint density at radius 1 is 1.36 bits per heavy atom. The van der Waals surface area contributed by atoms with Crippen molar-refractivity contribution in [1.82, 2.24) is 14.8 Å². The molecule has 8 heteroatoms. The second kappa shape index (κ2) is 7.10. The van der Waals surface area contributed by atoms with Crippen molar-refractivity contribution >= 4 is 23.4 Å². The largest absolute Gasteiger partial charge is 0.461 e. The zero-order valence-corrected chi connectivity index (χ0v) is 14.8. The van der Waals surface area contributed by atoms with E-state index in [2.05, 4.69) is 15.5 Å². The summed E-state index contributed by atoms with van der Waals surface area (Å²) in [7, 11) is 1.81. The number of halogens is 1. The van der Waals surface area contributed by atoms with Crippen LogP contribution in [-0.4, -0.2) is 25.9 Å². The smallest absolute Gasteiger partial charge is 0.237 e. The minimum atomic E-state index is -0.434. The van der Waals surface area contributed by atoms with Gasteiger partial charge in [-0.1, -0.05) is 17.8 Å². The Kier molecular flexibility index (Phi) is 4.89. The van der Waals surface area contributed by atoms with Crippen LogP contribution in [0.4, 0.5) is 10.1 Å². The first-order valence-electron chi connectivity index (χ1n) is 7.62. The summed E-state index contributed by atoms with van der Waals surface area (Å²) in [6.45, 7) is 3.43. The maximum atomic E-state index is 13.6. The zero-order valence-electron chi connectivity index (χ0n) is 14.0. The van der Waals surface area contributed by atoms with Crippen LogP contribution in [0.15, 0.2) is 46.2 Å². The zero-order chi connectivity index (χ0) is 18.0. The molecule has 2 heterocycles. The number of carbonyl (C=O) groups is 1. The molecular formula is C17H17FN4O2S. The Morgan fingerprint density at radius 3 is 2.84 bits per heavy atom. The Bertz CT molecular complexity index is 892. The van der Waals surface area contributed by atoms with Gasteiger partial charge in [0.2, 0.25) is 5.91 Å². The minimum absolute atomic E-state index is 0.240. The van der Waals surface area contributed by atoms with Gasteiger partial charge in [0.1, 0.15) is 5.82 Å². The Hall–Kier alpha value is -2.61. The summed E-state index contributed by atoms with van der Waals surface area (Å²) in [6.07, 6.45) is 1.56. The third-order valence-corrected chi connectivity index (χ3v) is 4.80. The van der Waals surface area contributed by atoms with Gasteiger partial charge in [-0.25, -0.2) is 4.39 Å². The summed E-state index contributed by atoms with van der Waals surface area (Å²) in [5.41, 5.74) is 0.958.